The summed E-state index contributed by atoms with van der Waals surface area (Å²) in [6, 6.07) is 5.29. The van der Waals surface area contributed by atoms with Crippen molar-refractivity contribution in [3.05, 3.63) is 34.2 Å². The third-order valence-corrected chi connectivity index (χ3v) is 3.04. The molecule has 0 saturated heterocycles. The lowest BCUT2D eigenvalue weighted by atomic mass is 9.96. The van der Waals surface area contributed by atoms with Crippen molar-refractivity contribution in [3.8, 4) is 0 Å². The van der Waals surface area contributed by atoms with Gasteiger partial charge in [-0.05, 0) is 25.8 Å². The fourth-order valence-corrected chi connectivity index (χ4v) is 1.77. The number of nitrogens with zero attached hydrogens (tertiary/aromatic N) is 1. The fraction of sp³-hybridized carbons (Fsp3) is 0.600. The maximum atomic E-state index is 11.6. The van der Waals surface area contributed by atoms with Crippen molar-refractivity contribution in [2.75, 3.05) is 6.54 Å². The summed E-state index contributed by atoms with van der Waals surface area (Å²) in [5.41, 5.74) is 0.678. The van der Waals surface area contributed by atoms with Gasteiger partial charge < -0.3 is 9.88 Å². The molecule has 0 aliphatic carbocycles. The third kappa shape index (κ3) is 4.89. The van der Waals surface area contributed by atoms with Crippen molar-refractivity contribution in [2.24, 2.45) is 5.41 Å². The number of amides is 1. The molecule has 19 heavy (non-hydrogen) atoms. The van der Waals surface area contributed by atoms with Crippen LogP contribution in [0.4, 0.5) is 0 Å². The van der Waals surface area contributed by atoms with Crippen LogP contribution in [-0.4, -0.2) is 17.0 Å². The van der Waals surface area contributed by atoms with Crippen LogP contribution in [0.2, 0.25) is 0 Å². The second-order valence-electron chi connectivity index (χ2n) is 5.87. The summed E-state index contributed by atoms with van der Waals surface area (Å²) < 4.78 is 1.77. The number of carbonyl (C=O) groups excluding carboxylic acids is 1. The number of unbranched alkanes of at least 4 members (excludes halogenated alkanes) is 1. The van der Waals surface area contributed by atoms with Crippen molar-refractivity contribution in [1.82, 2.24) is 9.88 Å². The van der Waals surface area contributed by atoms with Crippen molar-refractivity contribution < 1.29 is 4.79 Å². The van der Waals surface area contributed by atoms with Gasteiger partial charge in [0.1, 0.15) is 0 Å². The molecule has 0 unspecified atom stereocenters. The topological polar surface area (TPSA) is 51.1 Å². The van der Waals surface area contributed by atoms with Gasteiger partial charge in [-0.25, -0.2) is 0 Å². The van der Waals surface area contributed by atoms with Crippen LogP contribution in [0.3, 0.4) is 0 Å². The SMILES string of the molecule is Cc1cccc(=O)n1CCCCNC(=O)C(C)(C)C. The minimum Gasteiger partial charge on any atom is -0.356 e. The van der Waals surface area contributed by atoms with E-state index < -0.39 is 0 Å². The van der Waals surface area contributed by atoms with E-state index in [0.29, 0.717) is 13.1 Å². The Kier molecular flexibility index (Phi) is 5.33. The summed E-state index contributed by atoms with van der Waals surface area (Å²) in [4.78, 5) is 23.3. The van der Waals surface area contributed by atoms with Gasteiger partial charge in [-0.15, -0.1) is 0 Å². The highest BCUT2D eigenvalue weighted by Gasteiger charge is 2.19. The van der Waals surface area contributed by atoms with Crippen LogP contribution in [-0.2, 0) is 11.3 Å². The molecule has 106 valence electrons. The Hall–Kier alpha value is -1.58. The van der Waals surface area contributed by atoms with Gasteiger partial charge in [0.15, 0.2) is 0 Å². The van der Waals surface area contributed by atoms with Gasteiger partial charge in [0, 0.05) is 30.3 Å². The van der Waals surface area contributed by atoms with E-state index in [9.17, 15) is 9.59 Å². The first-order valence-electron chi connectivity index (χ1n) is 6.77. The lowest BCUT2D eigenvalue weighted by Crippen LogP contribution is -2.35. The molecule has 0 aliphatic heterocycles. The van der Waals surface area contributed by atoms with E-state index in [1.54, 1.807) is 16.7 Å². The Morgan fingerprint density at radius 2 is 1.95 bits per heavy atom. The standard InChI is InChI=1S/C15H24N2O2/c1-12-8-7-9-13(18)17(12)11-6-5-10-16-14(19)15(2,3)4/h7-9H,5-6,10-11H2,1-4H3,(H,16,19). The molecule has 0 aliphatic rings. The van der Waals surface area contributed by atoms with Gasteiger partial charge in [-0.2, -0.15) is 0 Å². The lowest BCUT2D eigenvalue weighted by Gasteiger charge is -2.17. The van der Waals surface area contributed by atoms with Gasteiger partial charge in [0.25, 0.3) is 5.56 Å². The number of pyridine rings is 1. The zero-order valence-electron chi connectivity index (χ0n) is 12.3. The van der Waals surface area contributed by atoms with Crippen molar-refractivity contribution in [2.45, 2.75) is 47.1 Å². The molecule has 1 amide bonds. The predicted octanol–water partition coefficient (Wildman–Crippen LogP) is 2.10. The average Bonchev–Trinajstić information content (AvgIpc) is 2.30. The summed E-state index contributed by atoms with van der Waals surface area (Å²) in [6.07, 6.45) is 1.76. The van der Waals surface area contributed by atoms with Crippen LogP contribution < -0.4 is 10.9 Å². The number of nitrogens with one attached hydrogen (secondary N) is 1. The highest BCUT2D eigenvalue weighted by atomic mass is 16.2. The molecule has 1 N–H and O–H groups in total. The second kappa shape index (κ2) is 6.55. The van der Waals surface area contributed by atoms with Crippen molar-refractivity contribution >= 4 is 5.91 Å². The largest absolute Gasteiger partial charge is 0.356 e. The number of hydrogen-bond donors (Lipinski definition) is 1. The van der Waals surface area contributed by atoms with Crippen LogP contribution >= 0.6 is 0 Å². The Balaban J connectivity index is 2.33. The van der Waals surface area contributed by atoms with Crippen LogP contribution in [0.15, 0.2) is 23.0 Å². The second-order valence-corrected chi connectivity index (χ2v) is 5.87. The molecule has 1 heterocycles. The first-order valence-corrected chi connectivity index (χ1v) is 6.77. The molecule has 0 atom stereocenters. The van der Waals surface area contributed by atoms with Gasteiger partial charge in [-0.1, -0.05) is 26.8 Å². The zero-order valence-corrected chi connectivity index (χ0v) is 12.3. The van der Waals surface area contributed by atoms with Gasteiger partial charge in [0.05, 0.1) is 0 Å². The minimum atomic E-state index is -0.340. The van der Waals surface area contributed by atoms with Crippen LogP contribution in [0.1, 0.15) is 39.3 Å². The molecule has 0 aromatic carbocycles. The Morgan fingerprint density at radius 1 is 1.26 bits per heavy atom. The fourth-order valence-electron chi connectivity index (χ4n) is 1.77. The summed E-state index contributed by atoms with van der Waals surface area (Å²) >= 11 is 0. The van der Waals surface area contributed by atoms with E-state index in [1.807, 2.05) is 33.8 Å². The first kappa shape index (κ1) is 15.5. The van der Waals surface area contributed by atoms with E-state index in [1.165, 1.54) is 0 Å². The summed E-state index contributed by atoms with van der Waals surface area (Å²) in [5.74, 6) is 0.0700. The van der Waals surface area contributed by atoms with Crippen molar-refractivity contribution in [1.29, 1.82) is 0 Å². The summed E-state index contributed by atoms with van der Waals surface area (Å²) in [5, 5.41) is 2.91. The van der Waals surface area contributed by atoms with Crippen LogP contribution in [0.5, 0.6) is 0 Å². The molecule has 1 aromatic rings. The molecular formula is C15H24N2O2. The molecule has 0 radical (unpaired) electrons. The van der Waals surface area contributed by atoms with E-state index in [4.69, 9.17) is 0 Å². The maximum absolute atomic E-state index is 11.6. The molecule has 4 nitrogen and oxygen atoms in total. The highest BCUT2D eigenvalue weighted by Crippen LogP contribution is 2.12. The normalized spacial score (nSPS) is 11.4. The molecule has 0 bridgehead atoms. The van der Waals surface area contributed by atoms with Gasteiger partial charge >= 0.3 is 0 Å². The van der Waals surface area contributed by atoms with E-state index in [0.717, 1.165) is 18.5 Å². The highest BCUT2D eigenvalue weighted by molar-refractivity contribution is 5.81. The Morgan fingerprint density at radius 3 is 2.53 bits per heavy atom. The monoisotopic (exact) mass is 264 g/mol. The van der Waals surface area contributed by atoms with Gasteiger partial charge in [-0.3, -0.25) is 9.59 Å². The Bertz CT molecular complexity index is 484. The molecule has 0 spiro atoms. The summed E-state index contributed by atoms with van der Waals surface area (Å²) in [7, 11) is 0. The van der Waals surface area contributed by atoms with Crippen LogP contribution in [0.25, 0.3) is 0 Å². The van der Waals surface area contributed by atoms with Crippen LogP contribution in [0, 0.1) is 12.3 Å². The number of aryl methyl sites for hydroxylation is 1. The predicted molar refractivity (Wildman–Crippen MR) is 77.1 cm³/mol. The summed E-state index contributed by atoms with van der Waals surface area (Å²) in [6.45, 7) is 9.00. The first-order chi connectivity index (χ1) is 8.82. The molecule has 0 fully saturated rings. The smallest absolute Gasteiger partial charge is 0.250 e. The van der Waals surface area contributed by atoms with Gasteiger partial charge in [0.2, 0.25) is 5.91 Å². The third-order valence-electron chi connectivity index (χ3n) is 3.04. The molecular weight excluding hydrogens is 240 g/mol. The maximum Gasteiger partial charge on any atom is 0.250 e. The average molecular weight is 264 g/mol. The van der Waals surface area contributed by atoms with E-state index in [-0.39, 0.29) is 16.9 Å². The quantitative estimate of drug-likeness (QED) is 0.828. The minimum absolute atomic E-state index is 0.0405. The number of aromatic nitrogens is 1. The number of carbonyl (C=O) groups is 1. The molecule has 4 heteroatoms. The molecule has 0 saturated carbocycles. The Labute approximate surface area is 114 Å². The number of hydrogen-bond acceptors (Lipinski definition) is 2. The van der Waals surface area contributed by atoms with E-state index >= 15 is 0 Å². The molecule has 1 rings (SSSR count). The van der Waals surface area contributed by atoms with Crippen molar-refractivity contribution in [3.63, 3.8) is 0 Å². The number of rotatable bonds is 5. The molecule has 1 aromatic heterocycles. The zero-order chi connectivity index (χ0) is 14.5. The van der Waals surface area contributed by atoms with E-state index in [2.05, 4.69) is 5.32 Å². The lowest BCUT2D eigenvalue weighted by molar-refractivity contribution is -0.128.